The summed E-state index contributed by atoms with van der Waals surface area (Å²) in [5.41, 5.74) is -1.81. The van der Waals surface area contributed by atoms with Crippen LogP contribution in [0.1, 0.15) is 33.3 Å². The smallest absolute Gasteiger partial charge is 0.399 e. The maximum atomic E-state index is 13.0. The van der Waals surface area contributed by atoms with E-state index in [9.17, 15) is 13.2 Å². The van der Waals surface area contributed by atoms with Crippen LogP contribution >= 0.6 is 0 Å². The maximum Gasteiger partial charge on any atom is 0.496 e. The molecule has 1 saturated heterocycles. The van der Waals surface area contributed by atoms with E-state index < -0.39 is 30.1 Å². The second-order valence-electron chi connectivity index (χ2n) is 6.00. The van der Waals surface area contributed by atoms with Gasteiger partial charge < -0.3 is 14.6 Å². The van der Waals surface area contributed by atoms with Gasteiger partial charge in [0, 0.05) is 18.7 Å². The summed E-state index contributed by atoms with van der Waals surface area (Å²) in [6.45, 7) is 7.36. The first-order valence-electron chi connectivity index (χ1n) is 6.58. The zero-order valence-corrected chi connectivity index (χ0v) is 12.6. The van der Waals surface area contributed by atoms with Crippen LogP contribution in [0, 0.1) is 0 Å². The number of hydrogen-bond acceptors (Lipinski definition) is 4. The molecule has 1 fully saturated rings. The number of hydrogen-bond donors (Lipinski definition) is 1. The Balaban J connectivity index is 2.39. The summed E-state index contributed by atoms with van der Waals surface area (Å²) in [5, 5.41) is 2.44. The fraction of sp³-hybridized carbons (Fsp3) is 0.615. The molecule has 0 radical (unpaired) electrons. The van der Waals surface area contributed by atoms with Gasteiger partial charge in [0.1, 0.15) is 5.82 Å². The molecule has 116 valence electrons. The minimum Gasteiger partial charge on any atom is -0.399 e. The Morgan fingerprint density at radius 3 is 2.10 bits per heavy atom. The van der Waals surface area contributed by atoms with E-state index in [0.29, 0.717) is 0 Å². The highest BCUT2D eigenvalue weighted by Crippen LogP contribution is 2.37. The van der Waals surface area contributed by atoms with E-state index in [1.807, 2.05) is 27.7 Å². The number of nitrogens with one attached hydrogen (secondary N) is 1. The van der Waals surface area contributed by atoms with E-state index in [0.717, 1.165) is 6.07 Å². The SMILES string of the molecule is CNc1ncc(B2OC(C)(C)C(C)(C)O2)cc1C(F)(F)F. The van der Waals surface area contributed by atoms with Gasteiger partial charge in [0.05, 0.1) is 16.8 Å². The van der Waals surface area contributed by atoms with Crippen LogP contribution in [-0.2, 0) is 15.5 Å². The molecule has 0 aromatic carbocycles. The average Bonchev–Trinajstić information content (AvgIpc) is 2.56. The highest BCUT2D eigenvalue weighted by molar-refractivity contribution is 6.62. The Kier molecular flexibility index (Phi) is 3.74. The molecular weight excluding hydrogens is 284 g/mol. The molecule has 0 atom stereocenters. The van der Waals surface area contributed by atoms with E-state index in [1.54, 1.807) is 0 Å². The number of rotatable bonds is 2. The van der Waals surface area contributed by atoms with Crippen LogP contribution in [-0.4, -0.2) is 30.4 Å². The van der Waals surface area contributed by atoms with Gasteiger partial charge in [-0.1, -0.05) is 0 Å². The van der Waals surface area contributed by atoms with Crippen molar-refractivity contribution in [1.82, 2.24) is 4.98 Å². The lowest BCUT2D eigenvalue weighted by Gasteiger charge is -2.32. The summed E-state index contributed by atoms with van der Waals surface area (Å²) in [6, 6.07) is 1.01. The third-order valence-corrected chi connectivity index (χ3v) is 3.98. The fourth-order valence-corrected chi connectivity index (χ4v) is 2.00. The number of aromatic nitrogens is 1. The molecule has 1 N–H and O–H groups in total. The summed E-state index contributed by atoms with van der Waals surface area (Å²) in [4.78, 5) is 3.81. The zero-order valence-electron chi connectivity index (χ0n) is 12.6. The van der Waals surface area contributed by atoms with Gasteiger partial charge in [-0.25, -0.2) is 4.98 Å². The number of anilines is 1. The molecule has 1 aliphatic rings. The molecule has 1 aromatic heterocycles. The third-order valence-electron chi connectivity index (χ3n) is 3.98. The average molecular weight is 302 g/mol. The van der Waals surface area contributed by atoms with E-state index in [2.05, 4.69) is 10.3 Å². The van der Waals surface area contributed by atoms with Crippen LogP contribution in [0.25, 0.3) is 0 Å². The Morgan fingerprint density at radius 2 is 1.67 bits per heavy atom. The normalized spacial score (nSPS) is 20.7. The summed E-state index contributed by atoms with van der Waals surface area (Å²) >= 11 is 0. The van der Waals surface area contributed by atoms with E-state index in [-0.39, 0.29) is 11.3 Å². The highest BCUT2D eigenvalue weighted by atomic mass is 19.4. The third kappa shape index (κ3) is 2.87. The van der Waals surface area contributed by atoms with Crippen molar-refractivity contribution in [3.63, 3.8) is 0 Å². The van der Waals surface area contributed by atoms with Gasteiger partial charge in [0.15, 0.2) is 0 Å². The monoisotopic (exact) mass is 302 g/mol. The van der Waals surface area contributed by atoms with Crippen LogP contribution < -0.4 is 10.8 Å². The Labute approximate surface area is 122 Å². The lowest BCUT2D eigenvalue weighted by Crippen LogP contribution is -2.41. The molecule has 2 heterocycles. The molecule has 0 amide bonds. The second-order valence-corrected chi connectivity index (χ2v) is 6.00. The summed E-state index contributed by atoms with van der Waals surface area (Å²) in [5.74, 6) is -0.220. The number of nitrogens with zero attached hydrogens (tertiary/aromatic N) is 1. The van der Waals surface area contributed by atoms with Crippen molar-refractivity contribution in [2.24, 2.45) is 0 Å². The molecule has 2 rings (SSSR count). The Morgan fingerprint density at radius 1 is 1.14 bits per heavy atom. The number of halogens is 3. The van der Waals surface area contributed by atoms with Gasteiger partial charge in [0.25, 0.3) is 0 Å². The van der Waals surface area contributed by atoms with Crippen molar-refractivity contribution >= 4 is 18.4 Å². The lowest BCUT2D eigenvalue weighted by molar-refractivity contribution is -0.137. The molecule has 0 unspecified atom stereocenters. The first kappa shape index (κ1) is 16.1. The first-order valence-corrected chi connectivity index (χ1v) is 6.58. The Hall–Kier alpha value is -1.28. The number of pyridine rings is 1. The van der Waals surface area contributed by atoms with E-state index in [4.69, 9.17) is 9.31 Å². The highest BCUT2D eigenvalue weighted by Gasteiger charge is 2.52. The van der Waals surface area contributed by atoms with Gasteiger partial charge >= 0.3 is 13.3 Å². The van der Waals surface area contributed by atoms with Crippen LogP contribution in [0.5, 0.6) is 0 Å². The first-order chi connectivity index (χ1) is 9.48. The van der Waals surface area contributed by atoms with Crippen LogP contribution in [0.2, 0.25) is 0 Å². The van der Waals surface area contributed by atoms with Gasteiger partial charge in [-0.05, 0) is 33.8 Å². The summed E-state index contributed by atoms with van der Waals surface area (Å²) in [6.07, 6.45) is -3.16. The molecule has 1 aromatic rings. The van der Waals surface area contributed by atoms with Crippen molar-refractivity contribution in [2.75, 3.05) is 12.4 Å². The minimum absolute atomic E-state index is 0.220. The van der Waals surface area contributed by atoms with Crippen LogP contribution in [0.15, 0.2) is 12.3 Å². The standard InChI is InChI=1S/C13H18BF3N2O2/c1-11(2)12(3,4)21-14(20-11)8-6-9(13(15,16)17)10(18-5)19-7-8/h6-7H,1-5H3,(H,18,19). The van der Waals surface area contributed by atoms with E-state index >= 15 is 0 Å². The van der Waals surface area contributed by atoms with Crippen LogP contribution in [0.3, 0.4) is 0 Å². The largest absolute Gasteiger partial charge is 0.496 e. The molecular formula is C13H18BF3N2O2. The fourth-order valence-electron chi connectivity index (χ4n) is 2.00. The Bertz CT molecular complexity index is 531. The van der Waals surface area contributed by atoms with Crippen molar-refractivity contribution in [1.29, 1.82) is 0 Å². The predicted molar refractivity (Wildman–Crippen MR) is 74.5 cm³/mol. The predicted octanol–water partition coefficient (Wildman–Crippen LogP) is 2.44. The van der Waals surface area contributed by atoms with Gasteiger partial charge in [0.2, 0.25) is 0 Å². The molecule has 4 nitrogen and oxygen atoms in total. The maximum absolute atomic E-state index is 13.0. The molecule has 0 saturated carbocycles. The second kappa shape index (κ2) is 4.88. The van der Waals surface area contributed by atoms with Crippen molar-refractivity contribution < 1.29 is 22.5 Å². The van der Waals surface area contributed by atoms with Crippen LogP contribution in [0.4, 0.5) is 19.0 Å². The minimum atomic E-state index is -4.50. The van der Waals surface area contributed by atoms with Gasteiger partial charge in [-0.2, -0.15) is 13.2 Å². The summed E-state index contributed by atoms with van der Waals surface area (Å²) in [7, 11) is 0.529. The molecule has 0 bridgehead atoms. The quantitative estimate of drug-likeness (QED) is 0.852. The van der Waals surface area contributed by atoms with Gasteiger partial charge in [-0.15, -0.1) is 0 Å². The summed E-state index contributed by atoms with van der Waals surface area (Å²) < 4.78 is 50.6. The van der Waals surface area contributed by atoms with E-state index in [1.165, 1.54) is 13.2 Å². The number of alkyl halides is 3. The lowest BCUT2D eigenvalue weighted by atomic mass is 9.79. The molecule has 0 aliphatic carbocycles. The zero-order chi connectivity index (χ0) is 16.1. The van der Waals surface area contributed by atoms with Gasteiger partial charge in [-0.3, -0.25) is 0 Å². The molecule has 0 spiro atoms. The van der Waals surface area contributed by atoms with Crippen molar-refractivity contribution in [3.05, 3.63) is 17.8 Å². The van der Waals surface area contributed by atoms with Crippen molar-refractivity contribution in [3.8, 4) is 0 Å². The molecule has 21 heavy (non-hydrogen) atoms. The molecule has 1 aliphatic heterocycles. The molecule has 8 heteroatoms. The van der Waals surface area contributed by atoms with Crippen molar-refractivity contribution in [2.45, 2.75) is 45.1 Å². The topological polar surface area (TPSA) is 43.4 Å².